The molecule has 0 aliphatic carbocycles. The molecular formula is C36H37ClF3N3O3. The minimum Gasteiger partial charge on any atom is -0.494 e. The van der Waals surface area contributed by atoms with Crippen molar-refractivity contribution in [1.82, 2.24) is 14.3 Å². The van der Waals surface area contributed by atoms with Crippen LogP contribution in [0.3, 0.4) is 0 Å². The second-order valence-corrected chi connectivity index (χ2v) is 12.0. The topological polar surface area (TPSA) is 58.3 Å². The first-order valence-corrected chi connectivity index (χ1v) is 15.5. The predicted molar refractivity (Wildman–Crippen MR) is 175 cm³/mol. The SMILES string of the molecule is COC(=O)c1ccc(CCn2c(C(F)(F)F)c(CCCOc3cc(C)c(Cl)c(C)c3)c3cccc(-c4c(C)nn(C)c4C)c32)cc1. The van der Waals surface area contributed by atoms with Gasteiger partial charge in [-0.1, -0.05) is 41.9 Å². The number of methoxy groups -OCH3 is 1. The van der Waals surface area contributed by atoms with Crippen LogP contribution in [0, 0.1) is 27.7 Å². The summed E-state index contributed by atoms with van der Waals surface area (Å²) in [6, 6.07) is 15.9. The first kappa shape index (κ1) is 33.1. The molecule has 5 aromatic rings. The average molecular weight is 652 g/mol. The molecule has 0 spiro atoms. The summed E-state index contributed by atoms with van der Waals surface area (Å²) in [6.07, 6.45) is -3.73. The number of hydrogen-bond donors (Lipinski definition) is 0. The van der Waals surface area contributed by atoms with Crippen LogP contribution in [0.4, 0.5) is 13.2 Å². The van der Waals surface area contributed by atoms with Crippen molar-refractivity contribution in [3.63, 3.8) is 0 Å². The number of carbonyl (C=O) groups excluding carboxylic acids is 1. The molecule has 2 heterocycles. The lowest BCUT2D eigenvalue weighted by Crippen LogP contribution is -2.17. The first-order chi connectivity index (χ1) is 21.8. The minimum absolute atomic E-state index is 0.0815. The molecule has 10 heteroatoms. The van der Waals surface area contributed by atoms with E-state index in [9.17, 15) is 4.79 Å². The van der Waals surface area contributed by atoms with Gasteiger partial charge in [-0.3, -0.25) is 4.68 Å². The van der Waals surface area contributed by atoms with Crippen molar-refractivity contribution in [2.75, 3.05) is 13.7 Å². The lowest BCUT2D eigenvalue weighted by molar-refractivity contribution is -0.143. The monoisotopic (exact) mass is 651 g/mol. The fraction of sp³-hybridized carbons (Fsp3) is 0.333. The summed E-state index contributed by atoms with van der Waals surface area (Å²) >= 11 is 6.29. The maximum atomic E-state index is 15.1. The number of para-hydroxylation sites is 1. The van der Waals surface area contributed by atoms with Gasteiger partial charge >= 0.3 is 12.1 Å². The van der Waals surface area contributed by atoms with Gasteiger partial charge < -0.3 is 14.0 Å². The molecule has 3 aromatic carbocycles. The number of hydrogen-bond acceptors (Lipinski definition) is 4. The molecule has 0 aliphatic rings. The number of fused-ring (bicyclic) bond motifs is 1. The number of carbonyl (C=O) groups is 1. The van der Waals surface area contributed by atoms with Crippen molar-refractivity contribution in [3.05, 3.63) is 105 Å². The van der Waals surface area contributed by atoms with E-state index in [-0.39, 0.29) is 25.1 Å². The summed E-state index contributed by atoms with van der Waals surface area (Å²) in [5.74, 6) is 0.171. The third kappa shape index (κ3) is 6.51. The Morgan fingerprint density at radius 1 is 0.978 bits per heavy atom. The van der Waals surface area contributed by atoms with Crippen molar-refractivity contribution in [3.8, 4) is 16.9 Å². The molecular weight excluding hydrogens is 615 g/mol. The zero-order valence-corrected chi connectivity index (χ0v) is 27.6. The van der Waals surface area contributed by atoms with E-state index in [1.54, 1.807) is 35.0 Å². The lowest BCUT2D eigenvalue weighted by atomic mass is 9.98. The van der Waals surface area contributed by atoms with Crippen molar-refractivity contribution >= 4 is 28.5 Å². The van der Waals surface area contributed by atoms with Gasteiger partial charge in [0.1, 0.15) is 11.4 Å². The van der Waals surface area contributed by atoms with Gasteiger partial charge in [0.15, 0.2) is 0 Å². The van der Waals surface area contributed by atoms with Crippen molar-refractivity contribution in [2.24, 2.45) is 7.05 Å². The Morgan fingerprint density at radius 2 is 1.65 bits per heavy atom. The number of rotatable bonds is 10. The van der Waals surface area contributed by atoms with E-state index in [2.05, 4.69) is 5.10 Å². The minimum atomic E-state index is -4.61. The van der Waals surface area contributed by atoms with E-state index in [1.807, 2.05) is 59.0 Å². The summed E-state index contributed by atoms with van der Waals surface area (Å²) in [5.41, 5.74) is 6.22. The zero-order valence-electron chi connectivity index (χ0n) is 26.8. The Bertz CT molecular complexity index is 1880. The molecule has 242 valence electrons. The Morgan fingerprint density at radius 3 is 2.24 bits per heavy atom. The zero-order chi connectivity index (χ0) is 33.3. The summed E-state index contributed by atoms with van der Waals surface area (Å²) in [4.78, 5) is 11.9. The number of aryl methyl sites for hydroxylation is 7. The molecule has 0 atom stereocenters. The number of halogens is 4. The number of esters is 1. The molecule has 0 N–H and O–H groups in total. The first-order valence-electron chi connectivity index (χ1n) is 15.1. The van der Waals surface area contributed by atoms with Crippen LogP contribution in [0.15, 0.2) is 54.6 Å². The number of nitrogens with zero attached hydrogens (tertiary/aromatic N) is 3. The van der Waals surface area contributed by atoms with Crippen LogP contribution in [0.1, 0.15) is 56.1 Å². The maximum absolute atomic E-state index is 15.1. The van der Waals surface area contributed by atoms with Crippen LogP contribution in [-0.2, 0) is 37.3 Å². The van der Waals surface area contributed by atoms with Crippen molar-refractivity contribution < 1.29 is 27.4 Å². The molecule has 5 rings (SSSR count). The van der Waals surface area contributed by atoms with Crippen LogP contribution < -0.4 is 4.74 Å². The molecule has 0 amide bonds. The van der Waals surface area contributed by atoms with Crippen LogP contribution in [0.5, 0.6) is 5.75 Å². The lowest BCUT2D eigenvalue weighted by Gasteiger charge is -2.17. The highest BCUT2D eigenvalue weighted by Gasteiger charge is 2.39. The van der Waals surface area contributed by atoms with Gasteiger partial charge in [0.2, 0.25) is 0 Å². The molecule has 0 saturated carbocycles. The van der Waals surface area contributed by atoms with E-state index in [1.165, 1.54) is 11.7 Å². The third-order valence-electron chi connectivity index (χ3n) is 8.48. The second-order valence-electron chi connectivity index (χ2n) is 11.6. The Hall–Kier alpha value is -4.24. The molecule has 0 saturated heterocycles. The molecule has 6 nitrogen and oxygen atoms in total. The third-order valence-corrected chi connectivity index (χ3v) is 9.08. The normalized spacial score (nSPS) is 11.8. The molecule has 46 heavy (non-hydrogen) atoms. The number of alkyl halides is 3. The maximum Gasteiger partial charge on any atom is 0.431 e. The van der Waals surface area contributed by atoms with E-state index in [4.69, 9.17) is 21.1 Å². The fourth-order valence-corrected chi connectivity index (χ4v) is 6.35. The van der Waals surface area contributed by atoms with Crippen molar-refractivity contribution in [1.29, 1.82) is 0 Å². The number of ether oxygens (including phenoxy) is 2. The summed E-state index contributed by atoms with van der Waals surface area (Å²) < 4.78 is 59.3. The van der Waals surface area contributed by atoms with Gasteiger partial charge in [-0.15, -0.1) is 0 Å². The molecule has 2 aromatic heterocycles. The number of aromatic nitrogens is 3. The van der Waals surface area contributed by atoms with E-state index >= 15 is 13.2 Å². The standard InChI is InChI=1S/C36H37ClF3N3O3/c1-21-19-27(20-22(2)32(21)37)46-18-8-11-29-28-9-7-10-30(31-23(3)41-42(5)24(31)4)33(28)43(34(29)36(38,39)40)17-16-25-12-14-26(15-13-25)35(44)45-6/h7,9-10,12-15,19-20H,8,11,16-18H2,1-6H3. The summed E-state index contributed by atoms with van der Waals surface area (Å²) in [6.45, 7) is 7.91. The van der Waals surface area contributed by atoms with Crippen molar-refractivity contribution in [2.45, 2.75) is 59.7 Å². The Kier molecular flexibility index (Phi) is 9.54. The van der Waals surface area contributed by atoms with E-state index < -0.39 is 17.8 Å². The quantitative estimate of drug-likeness (QED) is 0.112. The highest BCUT2D eigenvalue weighted by Crippen LogP contribution is 2.43. The van der Waals surface area contributed by atoms with Gasteiger partial charge in [-0.2, -0.15) is 18.3 Å². The van der Waals surface area contributed by atoms with Crippen LogP contribution in [0.25, 0.3) is 22.0 Å². The smallest absolute Gasteiger partial charge is 0.431 e. The Labute approximate surface area is 271 Å². The highest BCUT2D eigenvalue weighted by molar-refractivity contribution is 6.32. The van der Waals surface area contributed by atoms with Crippen LogP contribution in [0.2, 0.25) is 5.02 Å². The second kappa shape index (κ2) is 13.2. The van der Waals surface area contributed by atoms with E-state index in [0.29, 0.717) is 45.6 Å². The summed E-state index contributed by atoms with van der Waals surface area (Å²) in [7, 11) is 3.14. The Balaban J connectivity index is 1.57. The molecule has 0 aliphatic heterocycles. The highest BCUT2D eigenvalue weighted by atomic mass is 35.5. The molecule has 0 radical (unpaired) electrons. The van der Waals surface area contributed by atoms with Gasteiger partial charge in [0.05, 0.1) is 30.5 Å². The van der Waals surface area contributed by atoms with E-state index in [0.717, 1.165) is 33.6 Å². The van der Waals surface area contributed by atoms with Crippen LogP contribution in [-0.4, -0.2) is 34.0 Å². The van der Waals surface area contributed by atoms with Crippen LogP contribution >= 0.6 is 11.6 Å². The predicted octanol–water partition coefficient (Wildman–Crippen LogP) is 8.99. The summed E-state index contributed by atoms with van der Waals surface area (Å²) in [5, 5.41) is 5.79. The average Bonchev–Trinajstić information content (AvgIpc) is 3.48. The largest absolute Gasteiger partial charge is 0.494 e. The fourth-order valence-electron chi connectivity index (χ4n) is 6.24. The number of benzene rings is 3. The van der Waals surface area contributed by atoms with Gasteiger partial charge in [-0.05, 0) is 93.5 Å². The van der Waals surface area contributed by atoms with Gasteiger partial charge in [0, 0.05) is 40.8 Å². The molecule has 0 bridgehead atoms. The van der Waals surface area contributed by atoms with Gasteiger partial charge in [-0.25, -0.2) is 4.79 Å². The molecule has 0 fully saturated rings. The molecule has 0 unspecified atom stereocenters. The van der Waals surface area contributed by atoms with Gasteiger partial charge in [0.25, 0.3) is 0 Å².